The predicted octanol–water partition coefficient (Wildman–Crippen LogP) is 0.377. The van der Waals surface area contributed by atoms with Crippen LogP contribution in [0, 0.1) is 5.92 Å². The summed E-state index contributed by atoms with van der Waals surface area (Å²) in [6.45, 7) is 3.02. The first kappa shape index (κ1) is 15.6. The van der Waals surface area contributed by atoms with Crippen LogP contribution in [-0.4, -0.2) is 58.3 Å². The first-order valence-electron chi connectivity index (χ1n) is 7.53. The molecule has 0 aromatic rings. The van der Waals surface area contributed by atoms with Crippen molar-refractivity contribution in [2.75, 3.05) is 39.0 Å². The molecule has 2 N–H and O–H groups in total. The first-order chi connectivity index (χ1) is 9.61. The van der Waals surface area contributed by atoms with Crippen LogP contribution >= 0.6 is 0 Å². The molecule has 2 rings (SSSR count). The molecule has 1 aliphatic carbocycles. The zero-order valence-corrected chi connectivity index (χ0v) is 13.1. The van der Waals surface area contributed by atoms with E-state index in [0.717, 1.165) is 31.9 Å². The van der Waals surface area contributed by atoms with E-state index in [9.17, 15) is 8.42 Å². The molecule has 0 atom stereocenters. The number of aliphatic imine (C=N–C) groups is 1. The zero-order chi connectivity index (χ0) is 14.4. The van der Waals surface area contributed by atoms with Gasteiger partial charge in [0.05, 0.1) is 5.75 Å². The van der Waals surface area contributed by atoms with E-state index in [2.05, 4.69) is 19.9 Å². The quantitative estimate of drug-likeness (QED) is 0.549. The zero-order valence-electron chi connectivity index (χ0n) is 12.3. The summed E-state index contributed by atoms with van der Waals surface area (Å²) in [4.78, 5) is 6.38. The smallest absolute Gasteiger partial charge is 0.213 e. The van der Waals surface area contributed by atoms with E-state index in [1.807, 2.05) is 0 Å². The highest BCUT2D eigenvalue weighted by Gasteiger charge is 2.20. The first-order valence-corrected chi connectivity index (χ1v) is 9.19. The van der Waals surface area contributed by atoms with Gasteiger partial charge in [0.1, 0.15) is 0 Å². The van der Waals surface area contributed by atoms with Crippen LogP contribution in [0.3, 0.4) is 0 Å². The number of nitrogens with zero attached hydrogens (tertiary/aromatic N) is 2. The lowest BCUT2D eigenvalue weighted by atomic mass is 9.86. The summed E-state index contributed by atoms with van der Waals surface area (Å²) < 4.78 is 26.4. The van der Waals surface area contributed by atoms with Crippen molar-refractivity contribution in [1.29, 1.82) is 0 Å². The van der Waals surface area contributed by atoms with Crippen molar-refractivity contribution in [3.8, 4) is 0 Å². The SMILES string of the molecule is CN=C(NCCS(=O)(=O)NCC1CCC1)N1CCCC1. The standard InChI is InChI=1S/C13H26N4O2S/c1-14-13(17-8-2-3-9-17)15-7-10-20(18,19)16-11-12-5-4-6-12/h12,16H,2-11H2,1H3,(H,14,15). The van der Waals surface area contributed by atoms with Gasteiger partial charge in [-0.3, -0.25) is 4.99 Å². The van der Waals surface area contributed by atoms with Crippen molar-refractivity contribution in [2.45, 2.75) is 32.1 Å². The minimum absolute atomic E-state index is 0.104. The summed E-state index contributed by atoms with van der Waals surface area (Å²) >= 11 is 0. The lowest BCUT2D eigenvalue weighted by molar-refractivity contribution is 0.316. The molecule has 20 heavy (non-hydrogen) atoms. The largest absolute Gasteiger partial charge is 0.355 e. The Morgan fingerprint density at radius 1 is 1.25 bits per heavy atom. The van der Waals surface area contributed by atoms with Crippen molar-refractivity contribution >= 4 is 16.0 Å². The summed E-state index contributed by atoms with van der Waals surface area (Å²) in [6.07, 6.45) is 5.91. The minimum Gasteiger partial charge on any atom is -0.355 e. The van der Waals surface area contributed by atoms with Crippen LogP contribution in [0.2, 0.25) is 0 Å². The molecule has 0 radical (unpaired) electrons. The fourth-order valence-corrected chi connectivity index (χ4v) is 3.58. The fraction of sp³-hybridized carbons (Fsp3) is 0.923. The molecule has 2 aliphatic rings. The van der Waals surface area contributed by atoms with Crippen LogP contribution in [0.1, 0.15) is 32.1 Å². The van der Waals surface area contributed by atoms with Crippen LogP contribution in [0.25, 0.3) is 0 Å². The van der Waals surface area contributed by atoms with Gasteiger partial charge in [0.15, 0.2) is 5.96 Å². The number of guanidine groups is 1. The van der Waals surface area contributed by atoms with Crippen LogP contribution in [0.4, 0.5) is 0 Å². The second-order valence-corrected chi connectivity index (χ2v) is 7.56. The van der Waals surface area contributed by atoms with Crippen LogP contribution in [0.5, 0.6) is 0 Å². The molecule has 1 heterocycles. The van der Waals surface area contributed by atoms with Gasteiger partial charge in [-0.25, -0.2) is 13.1 Å². The number of hydrogen-bond acceptors (Lipinski definition) is 3. The van der Waals surface area contributed by atoms with E-state index in [4.69, 9.17) is 0 Å². The van der Waals surface area contributed by atoms with Gasteiger partial charge in [-0.2, -0.15) is 0 Å². The van der Waals surface area contributed by atoms with Gasteiger partial charge < -0.3 is 10.2 Å². The van der Waals surface area contributed by atoms with Crippen molar-refractivity contribution in [3.63, 3.8) is 0 Å². The van der Waals surface area contributed by atoms with E-state index >= 15 is 0 Å². The minimum atomic E-state index is -3.17. The Morgan fingerprint density at radius 3 is 2.50 bits per heavy atom. The van der Waals surface area contributed by atoms with Gasteiger partial charge in [-0.15, -0.1) is 0 Å². The Morgan fingerprint density at radius 2 is 1.95 bits per heavy atom. The van der Waals surface area contributed by atoms with Gasteiger partial charge in [-0.05, 0) is 31.6 Å². The number of rotatable bonds is 6. The second kappa shape index (κ2) is 7.26. The highest BCUT2D eigenvalue weighted by molar-refractivity contribution is 7.89. The summed E-state index contributed by atoms with van der Waals surface area (Å²) in [5, 5.41) is 3.14. The topological polar surface area (TPSA) is 73.8 Å². The molecule has 6 nitrogen and oxygen atoms in total. The molecule has 0 amide bonds. The second-order valence-electron chi connectivity index (χ2n) is 5.63. The average Bonchev–Trinajstić information content (AvgIpc) is 2.86. The van der Waals surface area contributed by atoms with Gasteiger partial charge >= 0.3 is 0 Å². The average molecular weight is 302 g/mol. The Labute approximate surface area is 122 Å². The fourth-order valence-electron chi connectivity index (χ4n) is 2.57. The number of hydrogen-bond donors (Lipinski definition) is 2. The van der Waals surface area contributed by atoms with E-state index in [-0.39, 0.29) is 5.75 Å². The van der Waals surface area contributed by atoms with E-state index < -0.39 is 10.0 Å². The molecule has 2 fully saturated rings. The van der Waals surface area contributed by atoms with Crippen LogP contribution < -0.4 is 10.0 Å². The molecular weight excluding hydrogens is 276 g/mol. The normalized spacial score (nSPS) is 21.1. The summed E-state index contributed by atoms with van der Waals surface area (Å²) in [6, 6.07) is 0. The molecule has 1 aliphatic heterocycles. The Bertz CT molecular complexity index is 426. The summed E-state index contributed by atoms with van der Waals surface area (Å²) in [7, 11) is -1.43. The lowest BCUT2D eigenvalue weighted by Gasteiger charge is -2.25. The van der Waals surface area contributed by atoms with Gasteiger partial charge in [-0.1, -0.05) is 6.42 Å². The maximum atomic E-state index is 11.9. The Kier molecular flexibility index (Phi) is 5.65. The van der Waals surface area contributed by atoms with Gasteiger partial charge in [0.2, 0.25) is 10.0 Å². The van der Waals surface area contributed by atoms with Crippen molar-refractivity contribution < 1.29 is 8.42 Å². The monoisotopic (exact) mass is 302 g/mol. The van der Waals surface area contributed by atoms with E-state index in [1.54, 1.807) is 7.05 Å². The van der Waals surface area contributed by atoms with Crippen molar-refractivity contribution in [3.05, 3.63) is 0 Å². The highest BCUT2D eigenvalue weighted by atomic mass is 32.2. The molecule has 0 aromatic carbocycles. The Balaban J connectivity index is 1.67. The molecule has 1 saturated heterocycles. The number of likely N-dealkylation sites (tertiary alicyclic amines) is 1. The molecule has 1 saturated carbocycles. The van der Waals surface area contributed by atoms with Crippen LogP contribution in [-0.2, 0) is 10.0 Å². The molecule has 7 heteroatoms. The van der Waals surface area contributed by atoms with E-state index in [0.29, 0.717) is 19.0 Å². The van der Waals surface area contributed by atoms with Crippen LogP contribution in [0.15, 0.2) is 4.99 Å². The number of sulfonamides is 1. The summed E-state index contributed by atoms with van der Waals surface area (Å²) in [5.74, 6) is 1.47. The summed E-state index contributed by atoms with van der Waals surface area (Å²) in [5.41, 5.74) is 0. The third-order valence-electron chi connectivity index (χ3n) is 4.09. The van der Waals surface area contributed by atoms with Crippen molar-refractivity contribution in [1.82, 2.24) is 14.9 Å². The lowest BCUT2D eigenvalue weighted by Crippen LogP contribution is -2.43. The third kappa shape index (κ3) is 4.63. The molecule has 0 unspecified atom stereocenters. The molecule has 0 bridgehead atoms. The molecule has 0 spiro atoms. The van der Waals surface area contributed by atoms with E-state index in [1.165, 1.54) is 19.3 Å². The number of nitrogens with one attached hydrogen (secondary N) is 2. The predicted molar refractivity (Wildman–Crippen MR) is 81.3 cm³/mol. The maximum Gasteiger partial charge on any atom is 0.213 e. The Hall–Kier alpha value is -0.820. The van der Waals surface area contributed by atoms with Crippen molar-refractivity contribution in [2.24, 2.45) is 10.9 Å². The van der Waals surface area contributed by atoms with Gasteiger partial charge in [0.25, 0.3) is 0 Å². The molecular formula is C13H26N4O2S. The maximum absolute atomic E-state index is 11.9. The van der Waals surface area contributed by atoms with Gasteiger partial charge in [0, 0.05) is 33.2 Å². The molecule has 116 valence electrons. The molecule has 0 aromatic heterocycles. The highest BCUT2D eigenvalue weighted by Crippen LogP contribution is 2.25. The third-order valence-corrected chi connectivity index (χ3v) is 5.44.